The molecular weight excluding hydrogens is 254 g/mol. The minimum Gasteiger partial charge on any atom is -0.497 e. The Balaban J connectivity index is 2.77. The van der Waals surface area contributed by atoms with Gasteiger partial charge >= 0.3 is 0 Å². The van der Waals surface area contributed by atoms with Crippen LogP contribution in [0.5, 0.6) is 11.5 Å². The van der Waals surface area contributed by atoms with Crippen LogP contribution in [0.4, 0.5) is 0 Å². The van der Waals surface area contributed by atoms with Gasteiger partial charge in [0.2, 0.25) is 0 Å². The Kier molecular flexibility index (Phi) is 6.30. The summed E-state index contributed by atoms with van der Waals surface area (Å²) in [5.74, 6) is 1.60. The van der Waals surface area contributed by atoms with Crippen molar-refractivity contribution in [3.05, 3.63) is 23.8 Å². The highest BCUT2D eigenvalue weighted by Gasteiger charge is 2.23. The van der Waals surface area contributed by atoms with Gasteiger partial charge in [-0.05, 0) is 17.9 Å². The van der Waals surface area contributed by atoms with E-state index < -0.39 is 0 Å². The molecule has 0 aliphatic rings. The molecule has 0 saturated heterocycles. The zero-order valence-electron chi connectivity index (χ0n) is 13.2. The van der Waals surface area contributed by atoms with Crippen LogP contribution in [0.15, 0.2) is 18.2 Å². The van der Waals surface area contributed by atoms with Crippen molar-refractivity contribution in [3.8, 4) is 11.5 Å². The lowest BCUT2D eigenvalue weighted by molar-refractivity contribution is 0.196. The first-order chi connectivity index (χ1) is 9.42. The van der Waals surface area contributed by atoms with Crippen molar-refractivity contribution in [2.75, 3.05) is 20.8 Å². The molecule has 0 heterocycles. The van der Waals surface area contributed by atoms with E-state index in [0.29, 0.717) is 6.54 Å². The fourth-order valence-corrected chi connectivity index (χ4v) is 2.20. The first kappa shape index (κ1) is 16.8. The van der Waals surface area contributed by atoms with E-state index in [4.69, 9.17) is 9.47 Å². The standard InChI is InChI=1S/C16H27NO3/c1-16(2,3)15(8-9-18)17-11-12-6-7-13(19-4)10-14(12)20-5/h6-7,10,15,17-18H,8-9,11H2,1-5H3. The van der Waals surface area contributed by atoms with E-state index in [9.17, 15) is 5.11 Å². The van der Waals surface area contributed by atoms with Gasteiger partial charge in [-0.25, -0.2) is 0 Å². The lowest BCUT2D eigenvalue weighted by atomic mass is 9.85. The molecule has 0 saturated carbocycles. The van der Waals surface area contributed by atoms with Gasteiger partial charge in [-0.15, -0.1) is 0 Å². The SMILES string of the molecule is COc1ccc(CNC(CCO)C(C)(C)C)c(OC)c1. The third-order valence-corrected chi connectivity index (χ3v) is 3.50. The summed E-state index contributed by atoms with van der Waals surface area (Å²) in [6, 6.07) is 6.06. The molecule has 0 spiro atoms. The Labute approximate surface area is 122 Å². The van der Waals surface area contributed by atoms with Gasteiger partial charge in [0.25, 0.3) is 0 Å². The molecule has 1 aromatic carbocycles. The Hall–Kier alpha value is -1.26. The molecule has 1 rings (SSSR count). The van der Waals surface area contributed by atoms with Crippen molar-refractivity contribution in [1.29, 1.82) is 0 Å². The number of aliphatic hydroxyl groups excluding tert-OH is 1. The van der Waals surface area contributed by atoms with Crippen molar-refractivity contribution < 1.29 is 14.6 Å². The molecular formula is C16H27NO3. The van der Waals surface area contributed by atoms with Crippen LogP contribution in [-0.4, -0.2) is 32.0 Å². The maximum atomic E-state index is 9.19. The average Bonchev–Trinajstić information content (AvgIpc) is 2.42. The topological polar surface area (TPSA) is 50.7 Å². The van der Waals surface area contributed by atoms with Gasteiger partial charge in [0.15, 0.2) is 0 Å². The number of hydrogen-bond acceptors (Lipinski definition) is 4. The van der Waals surface area contributed by atoms with E-state index in [0.717, 1.165) is 23.5 Å². The first-order valence-electron chi connectivity index (χ1n) is 6.97. The quantitative estimate of drug-likeness (QED) is 0.806. The highest BCUT2D eigenvalue weighted by Crippen LogP contribution is 2.26. The van der Waals surface area contributed by atoms with Crippen molar-refractivity contribution in [3.63, 3.8) is 0 Å². The van der Waals surface area contributed by atoms with Gasteiger partial charge in [0.05, 0.1) is 14.2 Å². The molecule has 0 aliphatic carbocycles. The van der Waals surface area contributed by atoms with Crippen LogP contribution in [0.1, 0.15) is 32.8 Å². The molecule has 0 fully saturated rings. The van der Waals surface area contributed by atoms with E-state index in [1.165, 1.54) is 0 Å². The number of aliphatic hydroxyl groups is 1. The molecule has 0 bridgehead atoms. The summed E-state index contributed by atoms with van der Waals surface area (Å²) < 4.78 is 10.6. The maximum Gasteiger partial charge on any atom is 0.127 e. The summed E-state index contributed by atoms with van der Waals surface area (Å²) in [6.07, 6.45) is 0.738. The monoisotopic (exact) mass is 281 g/mol. The lowest BCUT2D eigenvalue weighted by Gasteiger charge is -2.31. The van der Waals surface area contributed by atoms with Gasteiger partial charge in [-0.1, -0.05) is 26.8 Å². The van der Waals surface area contributed by atoms with Gasteiger partial charge in [0, 0.05) is 30.8 Å². The molecule has 114 valence electrons. The van der Waals surface area contributed by atoms with Crippen molar-refractivity contribution >= 4 is 0 Å². The number of benzene rings is 1. The normalized spacial score (nSPS) is 13.1. The summed E-state index contributed by atoms with van der Waals surface area (Å²) >= 11 is 0. The fraction of sp³-hybridized carbons (Fsp3) is 0.625. The number of rotatable bonds is 7. The van der Waals surface area contributed by atoms with E-state index in [1.807, 2.05) is 18.2 Å². The predicted octanol–water partition coefficient (Wildman–Crippen LogP) is 2.59. The summed E-state index contributed by atoms with van der Waals surface area (Å²) in [5, 5.41) is 12.7. The van der Waals surface area contributed by atoms with Gasteiger partial charge in [-0.3, -0.25) is 0 Å². The largest absolute Gasteiger partial charge is 0.497 e. The number of methoxy groups -OCH3 is 2. The fourth-order valence-electron chi connectivity index (χ4n) is 2.20. The molecule has 20 heavy (non-hydrogen) atoms. The Morgan fingerprint density at radius 3 is 2.40 bits per heavy atom. The number of hydrogen-bond donors (Lipinski definition) is 2. The third-order valence-electron chi connectivity index (χ3n) is 3.50. The second-order valence-corrected chi connectivity index (χ2v) is 5.99. The summed E-state index contributed by atoms with van der Waals surface area (Å²) in [6.45, 7) is 7.41. The number of ether oxygens (including phenoxy) is 2. The zero-order valence-corrected chi connectivity index (χ0v) is 13.2. The third kappa shape index (κ3) is 4.69. The van der Waals surface area contributed by atoms with Crippen molar-refractivity contribution in [1.82, 2.24) is 5.32 Å². The van der Waals surface area contributed by atoms with Gasteiger partial charge in [-0.2, -0.15) is 0 Å². The van der Waals surface area contributed by atoms with Gasteiger partial charge in [0.1, 0.15) is 11.5 Å². The van der Waals surface area contributed by atoms with Crippen LogP contribution in [0.2, 0.25) is 0 Å². The summed E-state index contributed by atoms with van der Waals surface area (Å²) in [4.78, 5) is 0. The summed E-state index contributed by atoms with van der Waals surface area (Å²) in [5.41, 5.74) is 1.18. The van der Waals surface area contributed by atoms with E-state index in [-0.39, 0.29) is 18.1 Å². The predicted molar refractivity (Wildman–Crippen MR) is 81.3 cm³/mol. The van der Waals surface area contributed by atoms with E-state index >= 15 is 0 Å². The molecule has 0 aromatic heterocycles. The summed E-state index contributed by atoms with van der Waals surface area (Å²) in [7, 11) is 3.30. The van der Waals surface area contributed by atoms with Crippen LogP contribution >= 0.6 is 0 Å². The second kappa shape index (κ2) is 7.50. The molecule has 1 aromatic rings. The van der Waals surface area contributed by atoms with E-state index in [1.54, 1.807) is 14.2 Å². The first-order valence-corrected chi connectivity index (χ1v) is 6.97. The molecule has 1 atom stereocenters. The number of nitrogens with one attached hydrogen (secondary N) is 1. The minimum atomic E-state index is 0.0996. The van der Waals surface area contributed by atoms with Crippen LogP contribution in [0.3, 0.4) is 0 Å². The van der Waals surface area contributed by atoms with Crippen LogP contribution < -0.4 is 14.8 Å². The zero-order chi connectivity index (χ0) is 15.2. The highest BCUT2D eigenvalue weighted by atomic mass is 16.5. The Bertz CT molecular complexity index is 413. The van der Waals surface area contributed by atoms with Crippen LogP contribution in [-0.2, 0) is 6.54 Å². The second-order valence-electron chi connectivity index (χ2n) is 5.99. The highest BCUT2D eigenvalue weighted by molar-refractivity contribution is 5.40. The Morgan fingerprint density at radius 1 is 1.20 bits per heavy atom. The van der Waals surface area contributed by atoms with Crippen LogP contribution in [0.25, 0.3) is 0 Å². The molecule has 4 nitrogen and oxygen atoms in total. The molecule has 2 N–H and O–H groups in total. The van der Waals surface area contributed by atoms with E-state index in [2.05, 4.69) is 26.1 Å². The molecule has 0 amide bonds. The molecule has 0 radical (unpaired) electrons. The minimum absolute atomic E-state index is 0.0996. The maximum absolute atomic E-state index is 9.19. The average molecular weight is 281 g/mol. The van der Waals surface area contributed by atoms with Gasteiger partial charge < -0.3 is 19.9 Å². The smallest absolute Gasteiger partial charge is 0.127 e. The molecule has 1 unspecified atom stereocenters. The van der Waals surface area contributed by atoms with Crippen molar-refractivity contribution in [2.24, 2.45) is 5.41 Å². The molecule has 4 heteroatoms. The lowest BCUT2D eigenvalue weighted by Crippen LogP contribution is -2.40. The van der Waals surface area contributed by atoms with Crippen molar-refractivity contribution in [2.45, 2.75) is 39.8 Å². The Morgan fingerprint density at radius 2 is 1.90 bits per heavy atom. The van der Waals surface area contributed by atoms with Crippen LogP contribution in [0, 0.1) is 5.41 Å². The molecule has 0 aliphatic heterocycles.